The lowest BCUT2D eigenvalue weighted by atomic mass is 10.0. The van der Waals surface area contributed by atoms with Gasteiger partial charge >= 0.3 is 18.1 Å². The first-order chi connectivity index (χ1) is 9.11. The van der Waals surface area contributed by atoms with Gasteiger partial charge in [-0.1, -0.05) is 23.7 Å². The predicted octanol–water partition coefficient (Wildman–Crippen LogP) is 2.32. The molecule has 1 aromatic carbocycles. The molecule has 0 fully saturated rings. The fourth-order valence-electron chi connectivity index (χ4n) is 1.48. The van der Waals surface area contributed by atoms with Crippen LogP contribution in [0.1, 0.15) is 11.1 Å². The molecule has 0 aliphatic rings. The molecule has 8 heteroatoms. The molecular weight excluding hydrogens is 299 g/mol. The maximum Gasteiger partial charge on any atom is 0.471 e. The van der Waals surface area contributed by atoms with Gasteiger partial charge in [0.2, 0.25) is 0 Å². The average Bonchev–Trinajstić information content (AvgIpc) is 2.29. The van der Waals surface area contributed by atoms with Crippen molar-refractivity contribution in [3.63, 3.8) is 0 Å². The quantitative estimate of drug-likeness (QED) is 0.897. The van der Waals surface area contributed by atoms with Crippen molar-refractivity contribution in [2.24, 2.45) is 0 Å². The molecule has 0 aliphatic carbocycles. The Kier molecular flexibility index (Phi) is 4.99. The van der Waals surface area contributed by atoms with Crippen LogP contribution in [0.3, 0.4) is 0 Å². The third kappa shape index (κ3) is 4.41. The third-order valence-corrected chi connectivity index (χ3v) is 2.85. The second-order valence-electron chi connectivity index (χ2n) is 4.16. The van der Waals surface area contributed by atoms with Gasteiger partial charge in [-0.05, 0) is 24.1 Å². The number of carbonyl (C=O) groups excluding carboxylic acids is 1. The fraction of sp³-hybridized carbons (Fsp3) is 0.333. The fourth-order valence-corrected chi connectivity index (χ4v) is 1.79. The van der Waals surface area contributed by atoms with Crippen LogP contribution in [0.2, 0.25) is 5.02 Å². The van der Waals surface area contributed by atoms with E-state index in [0.717, 1.165) is 5.56 Å². The van der Waals surface area contributed by atoms with Crippen LogP contribution in [0.15, 0.2) is 18.2 Å². The van der Waals surface area contributed by atoms with Crippen LogP contribution in [-0.2, 0) is 16.0 Å². The van der Waals surface area contributed by atoms with Crippen molar-refractivity contribution in [2.75, 3.05) is 0 Å². The van der Waals surface area contributed by atoms with E-state index in [1.165, 1.54) is 11.4 Å². The maximum absolute atomic E-state index is 12.1. The number of rotatable bonds is 4. The number of hydrogen-bond acceptors (Lipinski definition) is 2. The molecule has 20 heavy (non-hydrogen) atoms. The number of carboxylic acid groups (broad SMARTS) is 1. The van der Waals surface area contributed by atoms with Gasteiger partial charge in [-0.3, -0.25) is 4.79 Å². The molecule has 110 valence electrons. The van der Waals surface area contributed by atoms with Crippen molar-refractivity contribution in [1.29, 1.82) is 0 Å². The Bertz CT molecular complexity index is 531. The zero-order chi connectivity index (χ0) is 15.5. The molecule has 0 aromatic heterocycles. The van der Waals surface area contributed by atoms with Crippen LogP contribution in [-0.4, -0.2) is 29.2 Å². The molecule has 0 unspecified atom stereocenters. The minimum atomic E-state index is -5.13. The smallest absolute Gasteiger partial charge is 0.471 e. The van der Waals surface area contributed by atoms with Crippen LogP contribution in [0, 0.1) is 6.92 Å². The number of aliphatic carboxylic acids is 1. The van der Waals surface area contributed by atoms with Crippen LogP contribution < -0.4 is 5.32 Å². The van der Waals surface area contributed by atoms with Crippen LogP contribution in [0.25, 0.3) is 0 Å². The summed E-state index contributed by atoms with van der Waals surface area (Å²) in [5, 5.41) is 10.5. The molecule has 0 saturated carbocycles. The van der Waals surface area contributed by atoms with Gasteiger partial charge < -0.3 is 10.4 Å². The van der Waals surface area contributed by atoms with Gasteiger partial charge in [0.25, 0.3) is 0 Å². The molecule has 0 heterocycles. The maximum atomic E-state index is 12.1. The van der Waals surface area contributed by atoms with Gasteiger partial charge in [-0.15, -0.1) is 0 Å². The highest BCUT2D eigenvalue weighted by molar-refractivity contribution is 6.31. The Morgan fingerprint density at radius 3 is 2.45 bits per heavy atom. The molecule has 4 nitrogen and oxygen atoms in total. The number of carboxylic acids is 1. The van der Waals surface area contributed by atoms with Crippen molar-refractivity contribution < 1.29 is 27.9 Å². The summed E-state index contributed by atoms with van der Waals surface area (Å²) in [7, 11) is 0. The second kappa shape index (κ2) is 6.13. The summed E-state index contributed by atoms with van der Waals surface area (Å²) < 4.78 is 36.3. The van der Waals surface area contributed by atoms with Crippen LogP contribution in [0.5, 0.6) is 0 Å². The summed E-state index contributed by atoms with van der Waals surface area (Å²) in [6.07, 6.45) is -5.47. The van der Waals surface area contributed by atoms with Crippen LogP contribution in [0.4, 0.5) is 13.2 Å². The molecule has 0 radical (unpaired) electrons. The minimum absolute atomic E-state index is 0.234. The monoisotopic (exact) mass is 309 g/mol. The lowest BCUT2D eigenvalue weighted by molar-refractivity contribution is -0.175. The third-order valence-electron chi connectivity index (χ3n) is 2.49. The molecule has 2 N–H and O–H groups in total. The van der Waals surface area contributed by atoms with Gasteiger partial charge in [0.15, 0.2) is 0 Å². The Morgan fingerprint density at radius 1 is 1.40 bits per heavy atom. The highest BCUT2D eigenvalue weighted by Crippen LogP contribution is 2.20. The highest BCUT2D eigenvalue weighted by atomic mass is 35.5. The number of benzene rings is 1. The van der Waals surface area contributed by atoms with E-state index in [2.05, 4.69) is 0 Å². The molecule has 0 saturated heterocycles. The van der Waals surface area contributed by atoms with Gasteiger partial charge in [0.1, 0.15) is 6.04 Å². The number of alkyl halides is 3. The van der Waals surface area contributed by atoms with Crippen molar-refractivity contribution >= 4 is 23.5 Å². The zero-order valence-electron chi connectivity index (χ0n) is 10.3. The van der Waals surface area contributed by atoms with Crippen molar-refractivity contribution in [2.45, 2.75) is 25.6 Å². The zero-order valence-corrected chi connectivity index (χ0v) is 11.0. The normalized spacial score (nSPS) is 12.8. The molecule has 0 aliphatic heterocycles. The van der Waals surface area contributed by atoms with E-state index < -0.39 is 24.1 Å². The summed E-state index contributed by atoms with van der Waals surface area (Å²) >= 11 is 5.88. The Balaban J connectivity index is 2.88. The minimum Gasteiger partial charge on any atom is -0.480 e. The van der Waals surface area contributed by atoms with E-state index in [1.54, 1.807) is 19.1 Å². The molecule has 1 aromatic rings. The first-order valence-corrected chi connectivity index (χ1v) is 5.84. The summed E-state index contributed by atoms with van der Waals surface area (Å²) in [6.45, 7) is 1.76. The van der Waals surface area contributed by atoms with E-state index in [4.69, 9.17) is 16.7 Å². The summed E-state index contributed by atoms with van der Waals surface area (Å²) in [5.74, 6) is -3.87. The number of amides is 1. The van der Waals surface area contributed by atoms with E-state index in [1.807, 2.05) is 0 Å². The van der Waals surface area contributed by atoms with Gasteiger partial charge in [0, 0.05) is 11.4 Å². The van der Waals surface area contributed by atoms with Gasteiger partial charge in [-0.25, -0.2) is 4.79 Å². The van der Waals surface area contributed by atoms with E-state index in [0.29, 0.717) is 5.56 Å². The SMILES string of the molecule is Cc1ccc(C[C@H](NC(=O)C(F)(F)F)C(=O)O)c(Cl)c1. The summed E-state index contributed by atoms with van der Waals surface area (Å²) in [4.78, 5) is 21.7. The predicted molar refractivity (Wildman–Crippen MR) is 65.5 cm³/mol. The molecule has 0 spiro atoms. The Morgan fingerprint density at radius 2 is 2.00 bits per heavy atom. The van der Waals surface area contributed by atoms with Crippen molar-refractivity contribution in [3.05, 3.63) is 34.3 Å². The second-order valence-corrected chi connectivity index (χ2v) is 4.57. The molecule has 0 bridgehead atoms. The first-order valence-electron chi connectivity index (χ1n) is 5.46. The van der Waals surface area contributed by atoms with Crippen LogP contribution >= 0.6 is 11.6 Å². The highest BCUT2D eigenvalue weighted by Gasteiger charge is 2.40. The van der Waals surface area contributed by atoms with E-state index >= 15 is 0 Å². The summed E-state index contributed by atoms with van der Waals surface area (Å²) in [6, 6.07) is 3.00. The molecule has 1 rings (SSSR count). The van der Waals surface area contributed by atoms with Gasteiger partial charge in [0.05, 0.1) is 0 Å². The standard InChI is InChI=1S/C12H11ClF3NO3/c1-6-2-3-7(8(13)4-6)5-9(10(18)19)17-11(20)12(14,15)16/h2-4,9H,5H2,1H3,(H,17,20)(H,18,19)/t9-/m0/s1. The van der Waals surface area contributed by atoms with Gasteiger partial charge in [-0.2, -0.15) is 13.2 Å². The summed E-state index contributed by atoms with van der Waals surface area (Å²) in [5.41, 5.74) is 1.16. The number of carbonyl (C=O) groups is 2. The molecule has 1 atom stereocenters. The van der Waals surface area contributed by atoms with Crippen molar-refractivity contribution in [1.82, 2.24) is 5.32 Å². The lowest BCUT2D eigenvalue weighted by Crippen LogP contribution is -2.47. The molecule has 1 amide bonds. The lowest BCUT2D eigenvalue weighted by Gasteiger charge is -2.16. The van der Waals surface area contributed by atoms with E-state index in [-0.39, 0.29) is 11.4 Å². The van der Waals surface area contributed by atoms with Crippen molar-refractivity contribution in [3.8, 4) is 0 Å². The number of aryl methyl sites for hydroxylation is 1. The Labute approximate surface area is 117 Å². The number of nitrogens with one attached hydrogen (secondary N) is 1. The number of hydrogen-bond donors (Lipinski definition) is 2. The Hall–Kier alpha value is -1.76. The largest absolute Gasteiger partial charge is 0.480 e. The molecular formula is C12H11ClF3NO3. The average molecular weight is 310 g/mol. The van der Waals surface area contributed by atoms with E-state index in [9.17, 15) is 22.8 Å². The topological polar surface area (TPSA) is 66.4 Å². The number of halogens is 4. The first kappa shape index (κ1) is 16.3.